The Bertz CT molecular complexity index is 331. The van der Waals surface area contributed by atoms with E-state index in [1.165, 1.54) is 6.07 Å². The Morgan fingerprint density at radius 3 is 3.08 bits per heavy atom. The number of carbonyl (C=O) groups is 1. The first-order valence-corrected chi connectivity index (χ1v) is 3.12. The average Bonchev–Trinajstić information content (AvgIpc) is 2.06. The Labute approximate surface area is 68.2 Å². The van der Waals surface area contributed by atoms with E-state index in [0.717, 1.165) is 0 Å². The first-order valence-electron chi connectivity index (χ1n) is 3.12. The second kappa shape index (κ2) is 4.00. The van der Waals surface area contributed by atoms with Crippen LogP contribution in [0.1, 0.15) is 0 Å². The minimum atomic E-state index is 0.315. The van der Waals surface area contributed by atoms with E-state index < -0.39 is 0 Å². The summed E-state index contributed by atoms with van der Waals surface area (Å²) in [4.78, 5) is 12.5. The largest absolute Gasteiger partial charge is 0.429 e. The molecule has 5 heteroatoms. The normalized spacial score (nSPS) is 8.33. The standard InChI is InChI=1S/C7H5N3O2/c8-10-9-6-2-1-3-7(4-6)12-5-11/h1-5H. The number of nitrogens with zero attached hydrogens (tertiary/aromatic N) is 3. The highest BCUT2D eigenvalue weighted by atomic mass is 16.5. The van der Waals surface area contributed by atoms with Crippen LogP contribution in [0, 0.1) is 0 Å². The van der Waals surface area contributed by atoms with E-state index in [4.69, 9.17) is 5.53 Å². The fourth-order valence-corrected chi connectivity index (χ4v) is 0.726. The van der Waals surface area contributed by atoms with Crippen LogP contribution >= 0.6 is 0 Å². The highest BCUT2D eigenvalue weighted by Gasteiger charge is 1.92. The van der Waals surface area contributed by atoms with Gasteiger partial charge in [0, 0.05) is 10.6 Å². The number of rotatable bonds is 3. The van der Waals surface area contributed by atoms with Crippen LogP contribution in [-0.2, 0) is 4.79 Å². The Morgan fingerprint density at radius 2 is 2.42 bits per heavy atom. The molecule has 0 bridgehead atoms. The van der Waals surface area contributed by atoms with Crippen molar-refractivity contribution in [1.82, 2.24) is 0 Å². The molecule has 0 aliphatic rings. The highest BCUT2D eigenvalue weighted by molar-refractivity contribution is 5.49. The number of ether oxygens (including phenoxy) is 1. The highest BCUT2D eigenvalue weighted by Crippen LogP contribution is 2.19. The first-order chi connectivity index (χ1) is 5.86. The summed E-state index contributed by atoms with van der Waals surface area (Å²) < 4.78 is 4.53. The SMILES string of the molecule is [N-]=[N+]=Nc1cccc(OC=O)c1. The summed E-state index contributed by atoms with van der Waals surface area (Å²) in [6, 6.07) is 6.29. The predicted molar refractivity (Wildman–Crippen MR) is 41.9 cm³/mol. The van der Waals surface area contributed by atoms with E-state index in [1.54, 1.807) is 18.2 Å². The maximum atomic E-state index is 9.92. The molecule has 0 fully saturated rings. The lowest BCUT2D eigenvalue weighted by molar-refractivity contribution is -0.120. The van der Waals surface area contributed by atoms with Crippen molar-refractivity contribution in [2.75, 3.05) is 0 Å². The third-order valence-electron chi connectivity index (χ3n) is 1.16. The van der Waals surface area contributed by atoms with Gasteiger partial charge in [-0.1, -0.05) is 17.2 Å². The van der Waals surface area contributed by atoms with Crippen LogP contribution in [0.3, 0.4) is 0 Å². The molecule has 0 amide bonds. The van der Waals surface area contributed by atoms with Crippen LogP contribution in [0.2, 0.25) is 0 Å². The molecule has 0 heterocycles. The molecule has 0 saturated heterocycles. The zero-order chi connectivity index (χ0) is 8.81. The Balaban J connectivity index is 2.94. The number of carbonyl (C=O) groups excluding carboxylic acids is 1. The van der Waals surface area contributed by atoms with Gasteiger partial charge in [-0.05, 0) is 17.7 Å². The Morgan fingerprint density at radius 1 is 1.58 bits per heavy atom. The molecule has 0 unspecified atom stereocenters. The van der Waals surface area contributed by atoms with Gasteiger partial charge in [-0.2, -0.15) is 0 Å². The van der Waals surface area contributed by atoms with Crippen LogP contribution in [0.15, 0.2) is 29.4 Å². The summed E-state index contributed by atoms with van der Waals surface area (Å²) in [5, 5.41) is 3.33. The Hall–Kier alpha value is -2.00. The van der Waals surface area contributed by atoms with Gasteiger partial charge in [0.25, 0.3) is 6.47 Å². The zero-order valence-corrected chi connectivity index (χ0v) is 6.04. The maximum Gasteiger partial charge on any atom is 0.298 e. The summed E-state index contributed by atoms with van der Waals surface area (Å²) in [6.07, 6.45) is 0. The lowest BCUT2D eigenvalue weighted by Crippen LogP contribution is -1.86. The summed E-state index contributed by atoms with van der Waals surface area (Å²) >= 11 is 0. The van der Waals surface area contributed by atoms with Crippen LogP contribution in [0.5, 0.6) is 5.75 Å². The van der Waals surface area contributed by atoms with Gasteiger partial charge in [-0.15, -0.1) is 0 Å². The van der Waals surface area contributed by atoms with Crippen molar-refractivity contribution in [2.24, 2.45) is 5.11 Å². The van der Waals surface area contributed by atoms with Crippen LogP contribution in [-0.4, -0.2) is 6.47 Å². The van der Waals surface area contributed by atoms with Crippen molar-refractivity contribution in [2.45, 2.75) is 0 Å². The topological polar surface area (TPSA) is 75.1 Å². The fraction of sp³-hybridized carbons (Fsp3) is 0. The van der Waals surface area contributed by atoms with Crippen LogP contribution in [0.4, 0.5) is 5.69 Å². The lowest BCUT2D eigenvalue weighted by Gasteiger charge is -1.96. The predicted octanol–water partition coefficient (Wildman–Crippen LogP) is 2.16. The van der Waals surface area contributed by atoms with Crippen molar-refractivity contribution in [3.63, 3.8) is 0 Å². The Kier molecular flexibility index (Phi) is 2.70. The van der Waals surface area contributed by atoms with E-state index in [1.807, 2.05) is 0 Å². The molecule has 0 saturated carbocycles. The van der Waals surface area contributed by atoms with E-state index >= 15 is 0 Å². The average molecular weight is 163 g/mol. The molecule has 0 aromatic heterocycles. The van der Waals surface area contributed by atoms with Crippen molar-refractivity contribution in [3.05, 3.63) is 34.7 Å². The molecule has 1 rings (SSSR count). The molecule has 60 valence electrons. The number of benzene rings is 1. The quantitative estimate of drug-likeness (QED) is 0.296. The van der Waals surface area contributed by atoms with Crippen molar-refractivity contribution in [3.8, 4) is 5.75 Å². The van der Waals surface area contributed by atoms with Gasteiger partial charge in [-0.25, -0.2) is 0 Å². The second-order valence-electron chi connectivity index (χ2n) is 1.90. The molecule has 0 spiro atoms. The van der Waals surface area contributed by atoms with Crippen LogP contribution < -0.4 is 4.74 Å². The number of hydrogen-bond donors (Lipinski definition) is 0. The zero-order valence-electron chi connectivity index (χ0n) is 6.04. The number of azide groups is 1. The first kappa shape index (κ1) is 8.10. The molecule has 12 heavy (non-hydrogen) atoms. The minimum absolute atomic E-state index is 0.315. The summed E-state index contributed by atoms with van der Waals surface area (Å²) in [5.74, 6) is 0.356. The van der Waals surface area contributed by atoms with Crippen LogP contribution in [0.25, 0.3) is 10.4 Å². The second-order valence-corrected chi connectivity index (χ2v) is 1.90. The van der Waals surface area contributed by atoms with E-state index in [2.05, 4.69) is 14.8 Å². The molecule has 0 N–H and O–H groups in total. The van der Waals surface area contributed by atoms with Gasteiger partial charge in [0.15, 0.2) is 0 Å². The molecule has 0 atom stereocenters. The molecule has 5 nitrogen and oxygen atoms in total. The van der Waals surface area contributed by atoms with E-state index in [0.29, 0.717) is 17.9 Å². The van der Waals surface area contributed by atoms with Gasteiger partial charge in [0.1, 0.15) is 5.75 Å². The van der Waals surface area contributed by atoms with Gasteiger partial charge in [0.2, 0.25) is 0 Å². The minimum Gasteiger partial charge on any atom is -0.429 e. The van der Waals surface area contributed by atoms with Crippen molar-refractivity contribution in [1.29, 1.82) is 0 Å². The fourth-order valence-electron chi connectivity index (χ4n) is 0.726. The van der Waals surface area contributed by atoms with Crippen molar-refractivity contribution >= 4 is 12.2 Å². The van der Waals surface area contributed by atoms with Gasteiger partial charge < -0.3 is 4.74 Å². The maximum absolute atomic E-state index is 9.92. The summed E-state index contributed by atoms with van der Waals surface area (Å²) in [6.45, 7) is 0.315. The monoisotopic (exact) mass is 163 g/mol. The summed E-state index contributed by atoms with van der Waals surface area (Å²) in [5.41, 5.74) is 8.50. The molecular weight excluding hydrogens is 158 g/mol. The molecular formula is C7H5N3O2. The van der Waals surface area contributed by atoms with Gasteiger partial charge in [0.05, 0.1) is 0 Å². The van der Waals surface area contributed by atoms with Crippen molar-refractivity contribution < 1.29 is 9.53 Å². The lowest BCUT2D eigenvalue weighted by atomic mass is 10.3. The molecule has 1 aromatic carbocycles. The number of hydrogen-bond acceptors (Lipinski definition) is 3. The van der Waals surface area contributed by atoms with E-state index in [9.17, 15) is 4.79 Å². The molecule has 0 aliphatic carbocycles. The third kappa shape index (κ3) is 2.00. The molecule has 1 aromatic rings. The van der Waals surface area contributed by atoms with Gasteiger partial charge in [-0.3, -0.25) is 4.79 Å². The molecule has 0 radical (unpaired) electrons. The molecule has 0 aliphatic heterocycles. The summed E-state index contributed by atoms with van der Waals surface area (Å²) in [7, 11) is 0. The third-order valence-corrected chi connectivity index (χ3v) is 1.16. The van der Waals surface area contributed by atoms with Gasteiger partial charge >= 0.3 is 0 Å². The van der Waals surface area contributed by atoms with E-state index in [-0.39, 0.29) is 0 Å². The smallest absolute Gasteiger partial charge is 0.298 e.